The predicted octanol–water partition coefficient (Wildman–Crippen LogP) is 3.87. The third kappa shape index (κ3) is 4.17. The van der Waals surface area contributed by atoms with Crippen LogP contribution in [-0.4, -0.2) is 16.5 Å². The fourth-order valence-corrected chi connectivity index (χ4v) is 2.20. The number of hydrogen-bond acceptors (Lipinski definition) is 5. The predicted molar refractivity (Wildman–Crippen MR) is 87.6 cm³/mol. The van der Waals surface area contributed by atoms with Gasteiger partial charge in [0, 0.05) is 12.2 Å². The first-order chi connectivity index (χ1) is 10.2. The molecule has 5 nitrogen and oxygen atoms in total. The Morgan fingerprint density at radius 1 is 1.19 bits per heavy atom. The first kappa shape index (κ1) is 15.3. The van der Waals surface area contributed by atoms with Crippen LogP contribution in [0.3, 0.4) is 0 Å². The van der Waals surface area contributed by atoms with Gasteiger partial charge in [-0.2, -0.15) is 5.26 Å². The van der Waals surface area contributed by atoms with Crippen molar-refractivity contribution < 1.29 is 0 Å². The third-order valence-electron chi connectivity index (χ3n) is 2.83. The maximum Gasteiger partial charge on any atom is 0.150 e. The Labute approximate surface area is 132 Å². The van der Waals surface area contributed by atoms with Crippen LogP contribution in [0.2, 0.25) is 0 Å². The van der Waals surface area contributed by atoms with Gasteiger partial charge in [0.1, 0.15) is 22.4 Å². The second kappa shape index (κ2) is 7.60. The van der Waals surface area contributed by atoms with Crippen LogP contribution in [-0.2, 0) is 6.42 Å². The highest BCUT2D eigenvalue weighted by molar-refractivity contribution is 9.10. The van der Waals surface area contributed by atoms with E-state index in [0.717, 1.165) is 34.5 Å². The molecule has 0 saturated heterocycles. The molecule has 2 N–H and O–H groups in total. The van der Waals surface area contributed by atoms with Crippen molar-refractivity contribution in [1.82, 2.24) is 9.97 Å². The van der Waals surface area contributed by atoms with Crippen molar-refractivity contribution in [2.45, 2.75) is 19.8 Å². The summed E-state index contributed by atoms with van der Waals surface area (Å²) in [7, 11) is 0. The lowest BCUT2D eigenvalue weighted by Crippen LogP contribution is -2.05. The van der Waals surface area contributed by atoms with Crippen molar-refractivity contribution in [3.8, 4) is 6.07 Å². The van der Waals surface area contributed by atoms with Gasteiger partial charge in [0.25, 0.3) is 0 Å². The smallest absolute Gasteiger partial charge is 0.150 e. The van der Waals surface area contributed by atoms with Crippen molar-refractivity contribution >= 4 is 33.3 Å². The Balaban J connectivity index is 2.13. The van der Waals surface area contributed by atoms with Crippen molar-refractivity contribution in [2.75, 3.05) is 17.2 Å². The molecule has 2 aromatic rings. The van der Waals surface area contributed by atoms with Gasteiger partial charge < -0.3 is 10.6 Å². The van der Waals surface area contributed by atoms with Gasteiger partial charge in [-0.05, 0) is 40.0 Å². The Kier molecular flexibility index (Phi) is 5.52. The lowest BCUT2D eigenvalue weighted by molar-refractivity contribution is 0.962. The summed E-state index contributed by atoms with van der Waals surface area (Å²) >= 11 is 3.52. The van der Waals surface area contributed by atoms with E-state index in [1.54, 1.807) is 0 Å². The number of anilines is 3. The third-order valence-corrected chi connectivity index (χ3v) is 3.58. The fraction of sp³-hybridized carbons (Fsp3) is 0.267. The summed E-state index contributed by atoms with van der Waals surface area (Å²) in [5.74, 6) is 1.48. The second-order valence-corrected chi connectivity index (χ2v) is 5.26. The molecule has 0 fully saturated rings. The van der Waals surface area contributed by atoms with E-state index in [-0.39, 0.29) is 0 Å². The molecule has 0 aliphatic heterocycles. The first-order valence-corrected chi connectivity index (χ1v) is 7.51. The van der Waals surface area contributed by atoms with Gasteiger partial charge in [-0.1, -0.05) is 19.1 Å². The molecule has 21 heavy (non-hydrogen) atoms. The summed E-state index contributed by atoms with van der Waals surface area (Å²) < 4.78 is 0.805. The average Bonchev–Trinajstić information content (AvgIpc) is 2.50. The van der Waals surface area contributed by atoms with E-state index in [1.807, 2.05) is 24.3 Å². The van der Waals surface area contributed by atoms with Crippen LogP contribution in [0.1, 0.15) is 18.9 Å². The van der Waals surface area contributed by atoms with Gasteiger partial charge in [0.15, 0.2) is 0 Å². The Hall–Kier alpha value is -2.13. The van der Waals surface area contributed by atoms with Gasteiger partial charge >= 0.3 is 0 Å². The Morgan fingerprint density at radius 2 is 1.90 bits per heavy atom. The molecule has 0 radical (unpaired) electrons. The number of aromatic nitrogens is 2. The lowest BCUT2D eigenvalue weighted by Gasteiger charge is -2.11. The quantitative estimate of drug-likeness (QED) is 0.831. The molecule has 1 aromatic carbocycles. The van der Waals surface area contributed by atoms with E-state index in [1.165, 1.54) is 6.33 Å². The molecule has 0 spiro atoms. The molecule has 0 bridgehead atoms. The molecule has 1 heterocycles. The number of nitrogens with zero attached hydrogens (tertiary/aromatic N) is 3. The molecule has 0 atom stereocenters. The normalized spacial score (nSPS) is 9.95. The van der Waals surface area contributed by atoms with Crippen LogP contribution in [0.15, 0.2) is 35.1 Å². The molecule has 1 aromatic heterocycles. The van der Waals surface area contributed by atoms with E-state index in [0.29, 0.717) is 12.2 Å². The molecular weight excluding hydrogens is 330 g/mol. The summed E-state index contributed by atoms with van der Waals surface area (Å²) in [6, 6.07) is 9.85. The summed E-state index contributed by atoms with van der Waals surface area (Å²) in [6.45, 7) is 2.96. The monoisotopic (exact) mass is 345 g/mol. The minimum atomic E-state index is 0.419. The standard InChI is InChI=1S/C15H16BrN5/c1-2-9-18-14-13(16)15(20-10-19-14)21-12-5-3-11(4-6-12)7-8-17/h3-6,10H,2,7,9H2,1H3,(H2,18,19,20,21). The van der Waals surface area contributed by atoms with Crippen molar-refractivity contribution in [3.63, 3.8) is 0 Å². The maximum absolute atomic E-state index is 8.67. The molecule has 0 unspecified atom stereocenters. The topological polar surface area (TPSA) is 73.6 Å². The van der Waals surface area contributed by atoms with Crippen molar-refractivity contribution in [3.05, 3.63) is 40.6 Å². The van der Waals surface area contributed by atoms with E-state index >= 15 is 0 Å². The zero-order valence-electron chi connectivity index (χ0n) is 11.7. The summed E-state index contributed by atoms with van der Waals surface area (Å²) in [5.41, 5.74) is 1.91. The number of benzene rings is 1. The highest BCUT2D eigenvalue weighted by Crippen LogP contribution is 2.28. The number of halogens is 1. The molecule has 0 aliphatic carbocycles. The fourth-order valence-electron chi connectivity index (χ4n) is 1.76. The van der Waals surface area contributed by atoms with Crippen LogP contribution < -0.4 is 10.6 Å². The highest BCUT2D eigenvalue weighted by Gasteiger charge is 2.08. The molecule has 0 saturated carbocycles. The van der Waals surface area contributed by atoms with E-state index in [4.69, 9.17) is 5.26 Å². The van der Waals surface area contributed by atoms with Gasteiger partial charge in [-0.3, -0.25) is 0 Å². The number of rotatable bonds is 6. The van der Waals surface area contributed by atoms with Gasteiger partial charge in [0.05, 0.1) is 12.5 Å². The summed E-state index contributed by atoms with van der Waals surface area (Å²) in [4.78, 5) is 8.45. The SMILES string of the molecule is CCCNc1ncnc(Nc2ccc(CC#N)cc2)c1Br. The number of nitrogens with one attached hydrogen (secondary N) is 2. The van der Waals surface area contributed by atoms with Gasteiger partial charge in [0.2, 0.25) is 0 Å². The van der Waals surface area contributed by atoms with Crippen LogP contribution in [0, 0.1) is 11.3 Å². The zero-order valence-corrected chi connectivity index (χ0v) is 13.3. The molecular formula is C15H16BrN5. The number of hydrogen-bond donors (Lipinski definition) is 2. The average molecular weight is 346 g/mol. The largest absolute Gasteiger partial charge is 0.369 e. The lowest BCUT2D eigenvalue weighted by atomic mass is 10.1. The van der Waals surface area contributed by atoms with Crippen LogP contribution in [0.5, 0.6) is 0 Å². The molecule has 2 rings (SSSR count). The molecule has 0 amide bonds. The summed E-state index contributed by atoms with van der Waals surface area (Å²) in [6.07, 6.45) is 2.97. The Morgan fingerprint density at radius 3 is 2.57 bits per heavy atom. The van der Waals surface area contributed by atoms with E-state index < -0.39 is 0 Å². The van der Waals surface area contributed by atoms with Crippen molar-refractivity contribution in [2.24, 2.45) is 0 Å². The van der Waals surface area contributed by atoms with Gasteiger partial charge in [-0.15, -0.1) is 0 Å². The Bertz CT molecular complexity index is 634. The van der Waals surface area contributed by atoms with Crippen molar-refractivity contribution in [1.29, 1.82) is 5.26 Å². The van der Waals surface area contributed by atoms with Crippen LogP contribution in [0.4, 0.5) is 17.3 Å². The molecule has 108 valence electrons. The van der Waals surface area contributed by atoms with E-state index in [9.17, 15) is 0 Å². The second-order valence-electron chi connectivity index (χ2n) is 4.47. The highest BCUT2D eigenvalue weighted by atomic mass is 79.9. The molecule has 6 heteroatoms. The van der Waals surface area contributed by atoms with Crippen LogP contribution in [0.25, 0.3) is 0 Å². The minimum absolute atomic E-state index is 0.419. The van der Waals surface area contributed by atoms with E-state index in [2.05, 4.69) is 49.5 Å². The summed E-state index contributed by atoms with van der Waals surface area (Å²) in [5, 5.41) is 15.1. The number of nitriles is 1. The maximum atomic E-state index is 8.67. The zero-order chi connectivity index (χ0) is 15.1. The van der Waals surface area contributed by atoms with Gasteiger partial charge in [-0.25, -0.2) is 9.97 Å². The molecule has 0 aliphatic rings. The minimum Gasteiger partial charge on any atom is -0.369 e. The first-order valence-electron chi connectivity index (χ1n) is 6.72. The van der Waals surface area contributed by atoms with Crippen LogP contribution >= 0.6 is 15.9 Å².